The summed E-state index contributed by atoms with van der Waals surface area (Å²) in [5, 5.41) is 2.75. The number of nitrogens with zero attached hydrogens (tertiary/aromatic N) is 1. The molecule has 1 N–H and O–H groups in total. The van der Waals surface area contributed by atoms with Crippen LogP contribution in [0.25, 0.3) is 0 Å². The normalized spacial score (nSPS) is 13.6. The van der Waals surface area contributed by atoms with E-state index in [1.54, 1.807) is 30.3 Å². The fourth-order valence-electron chi connectivity index (χ4n) is 2.12. The van der Waals surface area contributed by atoms with Crippen LogP contribution >= 0.6 is 0 Å². The van der Waals surface area contributed by atoms with Crippen LogP contribution in [0.15, 0.2) is 36.4 Å². The molecule has 0 bridgehead atoms. The van der Waals surface area contributed by atoms with E-state index in [0.717, 1.165) is 5.69 Å². The number of amides is 1. The van der Waals surface area contributed by atoms with Crippen LogP contribution in [0.4, 0.5) is 4.39 Å². The summed E-state index contributed by atoms with van der Waals surface area (Å²) in [6, 6.07) is 9.77. The zero-order valence-corrected chi connectivity index (χ0v) is 10.7. The largest absolute Gasteiger partial charge is 0.473 e. The Hall–Kier alpha value is -2.43. The van der Waals surface area contributed by atoms with E-state index in [4.69, 9.17) is 4.74 Å². The van der Waals surface area contributed by atoms with Gasteiger partial charge in [0.05, 0.1) is 11.3 Å². The Kier molecular flexibility index (Phi) is 3.33. The first-order chi connectivity index (χ1) is 9.74. The molecule has 20 heavy (non-hydrogen) atoms. The van der Waals surface area contributed by atoms with Gasteiger partial charge in [-0.15, -0.1) is 0 Å². The third-order valence-corrected chi connectivity index (χ3v) is 3.17. The number of benzene rings is 1. The highest BCUT2D eigenvalue weighted by atomic mass is 19.1. The molecule has 0 saturated heterocycles. The number of pyridine rings is 1. The highest BCUT2D eigenvalue weighted by molar-refractivity contribution is 5.96. The maximum Gasteiger partial charge on any atom is 0.253 e. The second kappa shape index (κ2) is 5.28. The van der Waals surface area contributed by atoms with E-state index in [0.29, 0.717) is 30.0 Å². The fourth-order valence-corrected chi connectivity index (χ4v) is 2.12. The molecule has 1 aromatic carbocycles. The van der Waals surface area contributed by atoms with Crippen molar-refractivity contribution in [1.82, 2.24) is 10.3 Å². The second-order valence-electron chi connectivity index (χ2n) is 4.53. The molecule has 5 heteroatoms. The number of carbonyl (C=O) groups excluding carboxylic acids is 1. The molecular weight excluding hydrogens is 259 g/mol. The van der Waals surface area contributed by atoms with Crippen molar-refractivity contribution in [2.45, 2.75) is 13.0 Å². The maximum absolute atomic E-state index is 13.5. The lowest BCUT2D eigenvalue weighted by molar-refractivity contribution is 0.0944. The minimum atomic E-state index is -0.301. The van der Waals surface area contributed by atoms with Gasteiger partial charge in [0.25, 0.3) is 5.91 Å². The second-order valence-corrected chi connectivity index (χ2v) is 4.53. The standard InChI is InChI=1S/C15H13FN2O2/c16-12-4-2-1-3-10(12)9-20-14-6-5-11-13(18-14)7-8-17-15(11)19/h1-6H,7-9H2,(H,17,19). The van der Waals surface area contributed by atoms with Gasteiger partial charge < -0.3 is 10.1 Å². The first kappa shape index (κ1) is 12.6. The van der Waals surface area contributed by atoms with Crippen molar-refractivity contribution in [3.63, 3.8) is 0 Å². The predicted molar refractivity (Wildman–Crippen MR) is 71.0 cm³/mol. The van der Waals surface area contributed by atoms with E-state index < -0.39 is 0 Å². The summed E-state index contributed by atoms with van der Waals surface area (Å²) in [7, 11) is 0. The van der Waals surface area contributed by atoms with Crippen molar-refractivity contribution in [3.05, 3.63) is 59.0 Å². The van der Waals surface area contributed by atoms with Gasteiger partial charge in [-0.1, -0.05) is 18.2 Å². The zero-order chi connectivity index (χ0) is 13.9. The van der Waals surface area contributed by atoms with Crippen LogP contribution < -0.4 is 10.1 Å². The summed E-state index contributed by atoms with van der Waals surface area (Å²) in [5.41, 5.74) is 1.78. The smallest absolute Gasteiger partial charge is 0.253 e. The van der Waals surface area contributed by atoms with Crippen molar-refractivity contribution in [1.29, 1.82) is 0 Å². The van der Waals surface area contributed by atoms with E-state index in [-0.39, 0.29) is 18.3 Å². The zero-order valence-electron chi connectivity index (χ0n) is 10.7. The number of aromatic nitrogens is 1. The third-order valence-electron chi connectivity index (χ3n) is 3.17. The summed E-state index contributed by atoms with van der Waals surface area (Å²) in [4.78, 5) is 15.9. The molecule has 0 unspecified atom stereocenters. The van der Waals surface area contributed by atoms with Gasteiger partial charge >= 0.3 is 0 Å². The fraction of sp³-hybridized carbons (Fsp3) is 0.200. The van der Waals surface area contributed by atoms with Crippen LogP contribution in [0.3, 0.4) is 0 Å². The van der Waals surface area contributed by atoms with E-state index in [1.807, 2.05) is 0 Å². The molecule has 0 atom stereocenters. The number of carbonyl (C=O) groups is 1. The Morgan fingerprint density at radius 3 is 2.95 bits per heavy atom. The number of nitrogens with one attached hydrogen (secondary N) is 1. The topological polar surface area (TPSA) is 51.2 Å². The molecule has 0 fully saturated rings. The molecule has 4 nitrogen and oxygen atoms in total. The van der Waals surface area contributed by atoms with Gasteiger partial charge in [-0.25, -0.2) is 9.37 Å². The Morgan fingerprint density at radius 2 is 2.10 bits per heavy atom. The highest BCUT2D eigenvalue weighted by Gasteiger charge is 2.18. The minimum Gasteiger partial charge on any atom is -0.473 e. The summed E-state index contributed by atoms with van der Waals surface area (Å²) in [6.45, 7) is 0.695. The van der Waals surface area contributed by atoms with Gasteiger partial charge in [-0.3, -0.25) is 4.79 Å². The molecular formula is C15H13FN2O2. The van der Waals surface area contributed by atoms with Crippen LogP contribution in [0.5, 0.6) is 5.88 Å². The quantitative estimate of drug-likeness (QED) is 0.930. The SMILES string of the molecule is O=C1NCCc2nc(OCc3ccccc3F)ccc21. The average molecular weight is 272 g/mol. The van der Waals surface area contributed by atoms with Gasteiger partial charge in [0, 0.05) is 24.6 Å². The molecule has 0 radical (unpaired) electrons. The van der Waals surface area contributed by atoms with Crippen molar-refractivity contribution in [3.8, 4) is 5.88 Å². The Labute approximate surface area is 115 Å². The summed E-state index contributed by atoms with van der Waals surface area (Å²) in [6.07, 6.45) is 0.679. The van der Waals surface area contributed by atoms with Crippen LogP contribution in [-0.4, -0.2) is 17.4 Å². The summed E-state index contributed by atoms with van der Waals surface area (Å²) < 4.78 is 19.0. The first-order valence-corrected chi connectivity index (χ1v) is 6.38. The Morgan fingerprint density at radius 1 is 1.25 bits per heavy atom. The van der Waals surface area contributed by atoms with E-state index in [1.165, 1.54) is 6.07 Å². The van der Waals surface area contributed by atoms with E-state index in [9.17, 15) is 9.18 Å². The summed E-state index contributed by atoms with van der Waals surface area (Å²) >= 11 is 0. The number of hydrogen-bond acceptors (Lipinski definition) is 3. The highest BCUT2D eigenvalue weighted by Crippen LogP contribution is 2.18. The van der Waals surface area contributed by atoms with Crippen molar-refractivity contribution in [2.75, 3.05) is 6.54 Å². The molecule has 2 aromatic rings. The molecule has 1 aromatic heterocycles. The van der Waals surface area contributed by atoms with Crippen LogP contribution in [0, 0.1) is 5.82 Å². The van der Waals surface area contributed by atoms with Gasteiger partial charge in [0.1, 0.15) is 12.4 Å². The Bertz CT molecular complexity index is 658. The molecule has 1 aliphatic rings. The monoisotopic (exact) mass is 272 g/mol. The first-order valence-electron chi connectivity index (χ1n) is 6.38. The number of ether oxygens (including phenoxy) is 1. The molecule has 1 aliphatic heterocycles. The molecule has 1 amide bonds. The lowest BCUT2D eigenvalue weighted by Gasteiger charge is -2.16. The van der Waals surface area contributed by atoms with E-state index >= 15 is 0 Å². The molecule has 0 spiro atoms. The van der Waals surface area contributed by atoms with Gasteiger partial charge in [-0.2, -0.15) is 0 Å². The molecule has 3 rings (SSSR count). The minimum absolute atomic E-state index is 0.112. The van der Waals surface area contributed by atoms with Crippen molar-refractivity contribution < 1.29 is 13.9 Å². The summed E-state index contributed by atoms with van der Waals surface area (Å²) in [5.74, 6) is -0.00838. The number of rotatable bonds is 3. The van der Waals surface area contributed by atoms with Gasteiger partial charge in [0.2, 0.25) is 5.88 Å². The molecule has 0 aliphatic carbocycles. The number of fused-ring (bicyclic) bond motifs is 1. The average Bonchev–Trinajstić information content (AvgIpc) is 2.46. The lowest BCUT2D eigenvalue weighted by Crippen LogP contribution is -2.32. The van der Waals surface area contributed by atoms with Gasteiger partial charge in [0.15, 0.2) is 0 Å². The number of halogens is 1. The van der Waals surface area contributed by atoms with Crippen molar-refractivity contribution in [2.24, 2.45) is 0 Å². The van der Waals surface area contributed by atoms with Crippen LogP contribution in [0.1, 0.15) is 21.6 Å². The van der Waals surface area contributed by atoms with Crippen LogP contribution in [-0.2, 0) is 13.0 Å². The molecule has 102 valence electrons. The Balaban J connectivity index is 1.76. The van der Waals surface area contributed by atoms with Crippen molar-refractivity contribution >= 4 is 5.91 Å². The molecule has 0 saturated carbocycles. The predicted octanol–water partition coefficient (Wildman–Crippen LogP) is 2.09. The maximum atomic E-state index is 13.5. The third kappa shape index (κ3) is 2.47. The van der Waals surface area contributed by atoms with E-state index in [2.05, 4.69) is 10.3 Å². The van der Waals surface area contributed by atoms with Gasteiger partial charge in [-0.05, 0) is 12.1 Å². The number of hydrogen-bond donors (Lipinski definition) is 1. The van der Waals surface area contributed by atoms with Crippen LogP contribution in [0.2, 0.25) is 0 Å². The lowest BCUT2D eigenvalue weighted by atomic mass is 10.1. The molecule has 2 heterocycles.